The van der Waals surface area contributed by atoms with Crippen molar-refractivity contribution in [2.75, 3.05) is 34.0 Å². The molecule has 0 aliphatic heterocycles. The normalized spacial score (nSPS) is 10.5. The molecule has 1 aromatic rings. The minimum absolute atomic E-state index is 0.689. The van der Waals surface area contributed by atoms with Gasteiger partial charge in [0.2, 0.25) is 0 Å². The second-order valence-corrected chi connectivity index (χ2v) is 4.97. The number of halogens is 1. The molecule has 19 heavy (non-hydrogen) atoms. The highest BCUT2D eigenvalue weighted by Crippen LogP contribution is 2.33. The second kappa shape index (κ2) is 9.18. The van der Waals surface area contributed by atoms with E-state index in [0.29, 0.717) is 13.2 Å². The molecule has 0 saturated carbocycles. The average Bonchev–Trinajstić information content (AvgIpc) is 2.42. The van der Waals surface area contributed by atoms with Gasteiger partial charge in [-0.25, -0.2) is 0 Å². The van der Waals surface area contributed by atoms with E-state index in [9.17, 15) is 0 Å². The summed E-state index contributed by atoms with van der Waals surface area (Å²) in [6.45, 7) is 5.05. The van der Waals surface area contributed by atoms with Crippen molar-refractivity contribution < 1.29 is 14.2 Å². The molecule has 0 heterocycles. The lowest BCUT2D eigenvalue weighted by Gasteiger charge is -2.14. The van der Waals surface area contributed by atoms with Gasteiger partial charge in [0.05, 0.1) is 20.3 Å². The summed E-state index contributed by atoms with van der Waals surface area (Å²) >= 11 is 3.56. The van der Waals surface area contributed by atoms with Crippen molar-refractivity contribution in [3.05, 3.63) is 22.2 Å². The molecule has 0 radical (unpaired) electrons. The smallest absolute Gasteiger partial charge is 0.162 e. The van der Waals surface area contributed by atoms with Crippen LogP contribution in [0.1, 0.15) is 18.9 Å². The molecular formula is C14H22BrNO3. The third-order valence-corrected chi connectivity index (χ3v) is 3.33. The van der Waals surface area contributed by atoms with Gasteiger partial charge in [-0.15, -0.1) is 0 Å². The van der Waals surface area contributed by atoms with E-state index < -0.39 is 0 Å². The molecule has 1 N–H and O–H groups in total. The van der Waals surface area contributed by atoms with Crippen LogP contribution in [0.3, 0.4) is 0 Å². The Bertz CT molecular complexity index is 385. The van der Waals surface area contributed by atoms with Gasteiger partial charge in [-0.2, -0.15) is 0 Å². The monoisotopic (exact) mass is 331 g/mol. The van der Waals surface area contributed by atoms with Crippen molar-refractivity contribution in [2.24, 2.45) is 0 Å². The molecule has 0 aliphatic rings. The topological polar surface area (TPSA) is 39.7 Å². The van der Waals surface area contributed by atoms with Crippen molar-refractivity contribution in [2.45, 2.75) is 19.9 Å². The summed E-state index contributed by atoms with van der Waals surface area (Å²) in [5.41, 5.74) is 1.14. The fraction of sp³-hybridized carbons (Fsp3) is 0.571. The van der Waals surface area contributed by atoms with E-state index in [1.807, 2.05) is 12.1 Å². The van der Waals surface area contributed by atoms with Gasteiger partial charge in [-0.1, -0.05) is 22.9 Å². The highest BCUT2D eigenvalue weighted by molar-refractivity contribution is 9.10. The summed E-state index contributed by atoms with van der Waals surface area (Å²) in [7, 11) is 3.35. The Morgan fingerprint density at radius 1 is 1.16 bits per heavy atom. The summed E-state index contributed by atoms with van der Waals surface area (Å²) < 4.78 is 17.0. The number of nitrogens with one attached hydrogen (secondary N) is 1. The van der Waals surface area contributed by atoms with E-state index in [0.717, 1.165) is 41.0 Å². The number of hydrogen-bond acceptors (Lipinski definition) is 4. The van der Waals surface area contributed by atoms with Crippen molar-refractivity contribution >= 4 is 15.9 Å². The number of methoxy groups -OCH3 is 2. The maximum absolute atomic E-state index is 5.66. The highest BCUT2D eigenvalue weighted by Gasteiger charge is 2.09. The Morgan fingerprint density at radius 3 is 2.58 bits per heavy atom. The fourth-order valence-electron chi connectivity index (χ4n) is 1.59. The maximum Gasteiger partial charge on any atom is 0.162 e. The molecule has 0 spiro atoms. The van der Waals surface area contributed by atoms with Gasteiger partial charge in [0.15, 0.2) is 11.5 Å². The van der Waals surface area contributed by atoms with Crippen molar-refractivity contribution in [3.8, 4) is 11.5 Å². The van der Waals surface area contributed by atoms with Crippen LogP contribution in [-0.2, 0) is 11.3 Å². The molecule has 0 saturated heterocycles. The molecule has 0 unspecified atom stereocenters. The molecule has 0 aliphatic carbocycles. The van der Waals surface area contributed by atoms with Gasteiger partial charge in [-0.05, 0) is 24.1 Å². The molecule has 1 aromatic carbocycles. The standard InChI is InChI=1S/C14H22BrNO3/c1-4-6-19-14-9-12(15)11(8-13(14)18-3)10-16-5-7-17-2/h8-9,16H,4-7,10H2,1-3H3. The fourth-order valence-corrected chi connectivity index (χ4v) is 2.06. The molecule has 1 rings (SSSR count). The number of rotatable bonds is 9. The van der Waals surface area contributed by atoms with Crippen LogP contribution in [0.5, 0.6) is 11.5 Å². The molecule has 4 nitrogen and oxygen atoms in total. The van der Waals surface area contributed by atoms with E-state index in [-0.39, 0.29) is 0 Å². The SMILES string of the molecule is CCCOc1cc(Br)c(CNCCOC)cc1OC. The molecule has 0 amide bonds. The van der Waals surface area contributed by atoms with Gasteiger partial charge < -0.3 is 19.5 Å². The number of ether oxygens (including phenoxy) is 3. The molecule has 0 fully saturated rings. The van der Waals surface area contributed by atoms with Crippen molar-refractivity contribution in [1.29, 1.82) is 0 Å². The minimum Gasteiger partial charge on any atom is -0.493 e. The van der Waals surface area contributed by atoms with Crippen LogP contribution in [0.4, 0.5) is 0 Å². The zero-order valence-electron chi connectivity index (χ0n) is 11.8. The molecule has 0 bridgehead atoms. The zero-order chi connectivity index (χ0) is 14.1. The van der Waals surface area contributed by atoms with E-state index >= 15 is 0 Å². The van der Waals surface area contributed by atoms with E-state index in [2.05, 4.69) is 28.2 Å². The number of hydrogen-bond donors (Lipinski definition) is 1. The van der Waals surface area contributed by atoms with Gasteiger partial charge in [0.1, 0.15) is 0 Å². The molecule has 108 valence electrons. The first kappa shape index (κ1) is 16.3. The first-order valence-electron chi connectivity index (χ1n) is 6.41. The molecule has 5 heteroatoms. The van der Waals surface area contributed by atoms with Gasteiger partial charge in [0.25, 0.3) is 0 Å². The third kappa shape index (κ3) is 5.38. The lowest BCUT2D eigenvalue weighted by Crippen LogP contribution is -2.18. The van der Waals surface area contributed by atoms with Gasteiger partial charge in [-0.3, -0.25) is 0 Å². The van der Waals surface area contributed by atoms with Crippen LogP contribution < -0.4 is 14.8 Å². The Labute approximate surface area is 123 Å². The molecule has 0 atom stereocenters. The van der Waals surface area contributed by atoms with Crippen LogP contribution in [-0.4, -0.2) is 34.0 Å². The Kier molecular flexibility index (Phi) is 7.86. The van der Waals surface area contributed by atoms with Gasteiger partial charge in [0, 0.05) is 24.7 Å². The van der Waals surface area contributed by atoms with Gasteiger partial charge >= 0.3 is 0 Å². The van der Waals surface area contributed by atoms with Crippen LogP contribution in [0.15, 0.2) is 16.6 Å². The average molecular weight is 332 g/mol. The highest BCUT2D eigenvalue weighted by atomic mass is 79.9. The second-order valence-electron chi connectivity index (χ2n) is 4.11. The molecule has 0 aromatic heterocycles. The summed E-state index contributed by atoms with van der Waals surface area (Å²) in [5, 5.41) is 3.31. The lowest BCUT2D eigenvalue weighted by atomic mass is 10.2. The lowest BCUT2D eigenvalue weighted by molar-refractivity contribution is 0.199. The largest absolute Gasteiger partial charge is 0.493 e. The summed E-state index contributed by atoms with van der Waals surface area (Å²) in [6.07, 6.45) is 0.973. The van der Waals surface area contributed by atoms with Crippen LogP contribution in [0.2, 0.25) is 0 Å². The van der Waals surface area contributed by atoms with E-state index in [1.165, 1.54) is 0 Å². The third-order valence-electron chi connectivity index (χ3n) is 2.59. The Balaban J connectivity index is 2.71. The summed E-state index contributed by atoms with van der Waals surface area (Å²) in [6, 6.07) is 3.96. The maximum atomic E-state index is 5.66. The zero-order valence-corrected chi connectivity index (χ0v) is 13.4. The van der Waals surface area contributed by atoms with E-state index in [4.69, 9.17) is 14.2 Å². The predicted molar refractivity (Wildman–Crippen MR) is 80.1 cm³/mol. The summed E-state index contributed by atoms with van der Waals surface area (Å²) in [5.74, 6) is 1.54. The van der Waals surface area contributed by atoms with Crippen molar-refractivity contribution in [1.82, 2.24) is 5.32 Å². The predicted octanol–water partition coefficient (Wildman–Crippen LogP) is 2.98. The number of benzene rings is 1. The molecular weight excluding hydrogens is 310 g/mol. The first-order chi connectivity index (χ1) is 9.22. The van der Waals surface area contributed by atoms with Crippen LogP contribution in [0.25, 0.3) is 0 Å². The van der Waals surface area contributed by atoms with Crippen LogP contribution in [0, 0.1) is 0 Å². The summed E-state index contributed by atoms with van der Waals surface area (Å²) in [4.78, 5) is 0. The minimum atomic E-state index is 0.689. The first-order valence-corrected chi connectivity index (χ1v) is 7.21. The Hall–Kier alpha value is -0.780. The van der Waals surface area contributed by atoms with E-state index in [1.54, 1.807) is 14.2 Å². The Morgan fingerprint density at radius 2 is 1.95 bits per heavy atom. The van der Waals surface area contributed by atoms with Crippen molar-refractivity contribution in [3.63, 3.8) is 0 Å². The van der Waals surface area contributed by atoms with Crippen LogP contribution >= 0.6 is 15.9 Å². The quantitative estimate of drug-likeness (QED) is 0.706.